The molecular formula is C16H24N2O. The summed E-state index contributed by atoms with van der Waals surface area (Å²) in [5, 5.41) is 3.13. The highest BCUT2D eigenvalue weighted by Crippen LogP contribution is 2.44. The Labute approximate surface area is 116 Å². The molecule has 2 rings (SSSR count). The Morgan fingerprint density at radius 2 is 2.11 bits per heavy atom. The van der Waals surface area contributed by atoms with Crippen LogP contribution in [-0.4, -0.2) is 30.9 Å². The maximum Gasteiger partial charge on any atom is 0.245 e. The average molecular weight is 260 g/mol. The molecule has 3 nitrogen and oxygen atoms in total. The summed E-state index contributed by atoms with van der Waals surface area (Å²) in [6.45, 7) is 9.35. The van der Waals surface area contributed by atoms with Crippen LogP contribution in [0.15, 0.2) is 36.6 Å². The lowest BCUT2D eigenvalue weighted by atomic mass is 9.68. The Balaban J connectivity index is 1.95. The van der Waals surface area contributed by atoms with Crippen molar-refractivity contribution < 1.29 is 4.79 Å². The Morgan fingerprint density at radius 3 is 2.58 bits per heavy atom. The zero-order valence-corrected chi connectivity index (χ0v) is 11.9. The summed E-state index contributed by atoms with van der Waals surface area (Å²) in [6.07, 6.45) is 9.44. The molecular weight excluding hydrogens is 236 g/mol. The first-order chi connectivity index (χ1) is 9.10. The van der Waals surface area contributed by atoms with E-state index in [0.717, 1.165) is 44.5 Å². The fourth-order valence-electron chi connectivity index (χ4n) is 3.16. The second-order valence-electron chi connectivity index (χ2n) is 5.69. The number of carbonyl (C=O) groups is 1. The van der Waals surface area contributed by atoms with Crippen LogP contribution in [0.4, 0.5) is 0 Å². The quantitative estimate of drug-likeness (QED) is 0.791. The Morgan fingerprint density at radius 1 is 1.42 bits per heavy atom. The van der Waals surface area contributed by atoms with Crippen LogP contribution in [0, 0.1) is 5.41 Å². The Hall–Kier alpha value is -1.51. The van der Waals surface area contributed by atoms with Crippen molar-refractivity contribution in [2.45, 2.75) is 32.1 Å². The van der Waals surface area contributed by atoms with Crippen LogP contribution in [-0.2, 0) is 4.79 Å². The van der Waals surface area contributed by atoms with Gasteiger partial charge in [0.25, 0.3) is 0 Å². The number of nitrogens with one attached hydrogen (secondary N) is 1. The molecule has 1 aliphatic carbocycles. The third-order valence-corrected chi connectivity index (χ3v) is 4.71. The van der Waals surface area contributed by atoms with Gasteiger partial charge >= 0.3 is 0 Å². The monoisotopic (exact) mass is 260 g/mol. The number of hydrogen-bond acceptors (Lipinski definition) is 2. The van der Waals surface area contributed by atoms with Gasteiger partial charge in [0.15, 0.2) is 0 Å². The van der Waals surface area contributed by atoms with Gasteiger partial charge in [-0.3, -0.25) is 4.79 Å². The van der Waals surface area contributed by atoms with Gasteiger partial charge in [0.05, 0.1) is 0 Å². The van der Waals surface area contributed by atoms with Gasteiger partial charge < -0.3 is 10.2 Å². The number of rotatable bonds is 3. The average Bonchev–Trinajstić information content (AvgIpc) is 2.47. The van der Waals surface area contributed by atoms with E-state index in [4.69, 9.17) is 0 Å². The van der Waals surface area contributed by atoms with Crippen LogP contribution in [0.1, 0.15) is 32.1 Å². The van der Waals surface area contributed by atoms with Gasteiger partial charge in [-0.15, -0.1) is 0 Å². The molecule has 1 N–H and O–H groups in total. The predicted octanol–water partition coefficient (Wildman–Crippen LogP) is 2.62. The molecule has 1 spiro atoms. The molecule has 2 aliphatic rings. The van der Waals surface area contributed by atoms with Crippen molar-refractivity contribution in [3.05, 3.63) is 36.6 Å². The Bertz CT molecular complexity index is 414. The van der Waals surface area contributed by atoms with Gasteiger partial charge in [-0.25, -0.2) is 0 Å². The lowest BCUT2D eigenvalue weighted by Crippen LogP contribution is -2.43. The highest BCUT2D eigenvalue weighted by Gasteiger charge is 2.36. The third kappa shape index (κ3) is 2.91. The topological polar surface area (TPSA) is 32.3 Å². The molecule has 0 radical (unpaired) electrons. The first-order valence-corrected chi connectivity index (χ1v) is 7.08. The molecule has 0 saturated carbocycles. The molecule has 0 unspecified atom stereocenters. The van der Waals surface area contributed by atoms with Gasteiger partial charge in [-0.2, -0.15) is 0 Å². The molecule has 0 atom stereocenters. The molecule has 0 aromatic carbocycles. The minimum absolute atomic E-state index is 0.0745. The zero-order chi connectivity index (χ0) is 13.9. The second-order valence-corrected chi connectivity index (χ2v) is 5.69. The van der Waals surface area contributed by atoms with Crippen LogP contribution in [0.25, 0.3) is 0 Å². The number of nitrogens with zero attached hydrogens (tertiary/aromatic N) is 1. The van der Waals surface area contributed by atoms with Gasteiger partial charge in [0, 0.05) is 25.8 Å². The summed E-state index contributed by atoms with van der Waals surface area (Å²) in [5.74, 6) is 0.0745. The summed E-state index contributed by atoms with van der Waals surface area (Å²) in [7, 11) is 1.92. The van der Waals surface area contributed by atoms with Crippen LogP contribution in [0.2, 0.25) is 0 Å². The van der Waals surface area contributed by atoms with E-state index in [2.05, 4.69) is 24.6 Å². The molecule has 104 valence electrons. The van der Waals surface area contributed by atoms with Crippen LogP contribution < -0.4 is 5.32 Å². The van der Waals surface area contributed by atoms with Gasteiger partial charge in [0.1, 0.15) is 0 Å². The molecule has 0 bridgehead atoms. The van der Waals surface area contributed by atoms with Crippen molar-refractivity contribution in [3.63, 3.8) is 0 Å². The molecule has 0 aromatic rings. The smallest absolute Gasteiger partial charge is 0.245 e. The highest BCUT2D eigenvalue weighted by atomic mass is 16.2. The number of likely N-dealkylation sites (tertiary alicyclic amines) is 1. The van der Waals surface area contributed by atoms with E-state index in [1.165, 1.54) is 18.1 Å². The number of hydrogen-bond donors (Lipinski definition) is 1. The summed E-state index contributed by atoms with van der Waals surface area (Å²) >= 11 is 0. The second kappa shape index (κ2) is 5.64. The van der Waals surface area contributed by atoms with Gasteiger partial charge in [-0.1, -0.05) is 19.2 Å². The Kier molecular flexibility index (Phi) is 4.13. The van der Waals surface area contributed by atoms with Crippen molar-refractivity contribution in [1.82, 2.24) is 10.2 Å². The third-order valence-electron chi connectivity index (χ3n) is 4.71. The number of likely N-dealkylation sites (N-methyl/N-ethyl adjacent to an activating group) is 1. The zero-order valence-electron chi connectivity index (χ0n) is 11.9. The van der Waals surface area contributed by atoms with E-state index in [0.29, 0.717) is 5.41 Å². The van der Waals surface area contributed by atoms with E-state index in [1.54, 1.807) is 0 Å². The molecule has 0 aromatic heterocycles. The number of piperidine rings is 1. The molecule has 3 heteroatoms. The lowest BCUT2D eigenvalue weighted by molar-refractivity contribution is -0.128. The van der Waals surface area contributed by atoms with Crippen molar-refractivity contribution in [3.8, 4) is 0 Å². The standard InChI is InChI=1S/C16H24N2O/c1-4-15(19)18-11-9-16(10-12-18)7-5-14(6-8-16)13(2)17-3/h4-5,17H,1-2,6-12H2,3H3. The number of amides is 1. The van der Waals surface area contributed by atoms with Crippen molar-refractivity contribution in [2.75, 3.05) is 20.1 Å². The van der Waals surface area contributed by atoms with E-state index in [9.17, 15) is 4.79 Å². The minimum Gasteiger partial charge on any atom is -0.388 e. The van der Waals surface area contributed by atoms with Gasteiger partial charge in [-0.05, 0) is 49.2 Å². The van der Waals surface area contributed by atoms with Crippen LogP contribution in [0.3, 0.4) is 0 Å². The van der Waals surface area contributed by atoms with Crippen molar-refractivity contribution >= 4 is 5.91 Å². The molecule has 1 fully saturated rings. The minimum atomic E-state index is 0.0745. The first-order valence-electron chi connectivity index (χ1n) is 7.08. The fraction of sp³-hybridized carbons (Fsp3) is 0.562. The fourth-order valence-corrected chi connectivity index (χ4v) is 3.16. The summed E-state index contributed by atoms with van der Waals surface area (Å²) in [4.78, 5) is 13.5. The SMILES string of the molecule is C=CC(=O)N1CCC2(CC=C(C(=C)NC)CC2)CC1. The van der Waals surface area contributed by atoms with Crippen LogP contribution in [0.5, 0.6) is 0 Å². The van der Waals surface area contributed by atoms with E-state index < -0.39 is 0 Å². The number of allylic oxidation sites excluding steroid dienone is 2. The van der Waals surface area contributed by atoms with E-state index in [1.807, 2.05) is 11.9 Å². The largest absolute Gasteiger partial charge is 0.388 e. The van der Waals surface area contributed by atoms with E-state index >= 15 is 0 Å². The predicted molar refractivity (Wildman–Crippen MR) is 78.6 cm³/mol. The normalized spacial score (nSPS) is 21.7. The molecule has 1 aliphatic heterocycles. The summed E-state index contributed by atoms with van der Waals surface area (Å²) < 4.78 is 0. The van der Waals surface area contributed by atoms with E-state index in [-0.39, 0.29) is 5.91 Å². The summed E-state index contributed by atoms with van der Waals surface area (Å²) in [6, 6.07) is 0. The number of carbonyl (C=O) groups excluding carboxylic acids is 1. The maximum atomic E-state index is 11.6. The maximum absolute atomic E-state index is 11.6. The first kappa shape index (κ1) is 13.9. The lowest BCUT2D eigenvalue weighted by Gasteiger charge is -2.43. The summed E-state index contributed by atoms with van der Waals surface area (Å²) in [5.41, 5.74) is 2.82. The highest BCUT2D eigenvalue weighted by molar-refractivity contribution is 5.87. The molecule has 1 amide bonds. The molecule has 19 heavy (non-hydrogen) atoms. The van der Waals surface area contributed by atoms with Crippen molar-refractivity contribution in [1.29, 1.82) is 0 Å². The molecule has 1 saturated heterocycles. The van der Waals surface area contributed by atoms with Crippen LogP contribution >= 0.6 is 0 Å². The van der Waals surface area contributed by atoms with Crippen molar-refractivity contribution in [2.24, 2.45) is 5.41 Å². The molecule has 1 heterocycles. The van der Waals surface area contributed by atoms with Gasteiger partial charge in [0.2, 0.25) is 5.91 Å².